The molecule has 3 aliphatic rings. The summed E-state index contributed by atoms with van der Waals surface area (Å²) in [6.07, 6.45) is 7.05. The number of aromatic nitrogens is 4. The van der Waals surface area contributed by atoms with Gasteiger partial charge in [0, 0.05) is 18.3 Å². The number of nitrogens with one attached hydrogen (secondary N) is 1. The van der Waals surface area contributed by atoms with E-state index in [1.807, 2.05) is 33.9 Å². The van der Waals surface area contributed by atoms with E-state index in [9.17, 15) is 13.2 Å². The van der Waals surface area contributed by atoms with Crippen LogP contribution in [0.3, 0.4) is 0 Å². The van der Waals surface area contributed by atoms with E-state index >= 15 is 0 Å². The molecule has 0 spiro atoms. The molecule has 1 aliphatic carbocycles. The minimum absolute atomic E-state index is 0.0399. The molecule has 1 saturated carbocycles. The molecule has 3 aromatic heterocycles. The first kappa shape index (κ1) is 28.1. The molecule has 0 aromatic carbocycles. The number of carbonyl (C=O) groups excluding carboxylic acids is 1. The molecule has 0 saturated heterocycles. The molecule has 0 atom stereocenters. The van der Waals surface area contributed by atoms with E-state index in [0.29, 0.717) is 48.6 Å². The second-order valence-corrected chi connectivity index (χ2v) is 14.2. The fourth-order valence-corrected chi connectivity index (χ4v) is 6.85. The number of hydrogen-bond acceptors (Lipinski definition) is 11. The van der Waals surface area contributed by atoms with Crippen molar-refractivity contribution in [3.63, 3.8) is 0 Å². The molecule has 0 unspecified atom stereocenters. The zero-order chi connectivity index (χ0) is 29.6. The smallest absolute Gasteiger partial charge is 0.415 e. The molecular weight excluding hydrogens is 558 g/mol. The second-order valence-electron chi connectivity index (χ2n) is 11.9. The number of anilines is 4. The van der Waals surface area contributed by atoms with Gasteiger partial charge in [-0.2, -0.15) is 0 Å². The summed E-state index contributed by atoms with van der Waals surface area (Å²) in [5.41, 5.74) is 4.94. The van der Waals surface area contributed by atoms with Crippen molar-refractivity contribution in [3.8, 4) is 5.88 Å². The van der Waals surface area contributed by atoms with Gasteiger partial charge in [-0.15, -0.1) is 0 Å². The molecule has 13 heteroatoms. The van der Waals surface area contributed by atoms with Gasteiger partial charge in [0.1, 0.15) is 17.9 Å². The Balaban J connectivity index is 1.18. The number of ether oxygens (including phenoxy) is 2. The number of fused-ring (bicyclic) bond motifs is 2. The van der Waals surface area contributed by atoms with Gasteiger partial charge in [0.25, 0.3) is 0 Å². The first-order valence-corrected chi connectivity index (χ1v) is 15.8. The molecule has 1 fully saturated rings. The average Bonchev–Trinajstić information content (AvgIpc) is 3.79. The second kappa shape index (κ2) is 10.7. The molecule has 222 valence electrons. The lowest BCUT2D eigenvalue weighted by molar-refractivity contribution is 0.0566. The molecule has 3 aromatic rings. The summed E-state index contributed by atoms with van der Waals surface area (Å²) in [4.78, 5) is 35.0. The van der Waals surface area contributed by atoms with E-state index in [2.05, 4.69) is 25.2 Å². The zero-order valence-corrected chi connectivity index (χ0v) is 25.1. The van der Waals surface area contributed by atoms with Gasteiger partial charge in [-0.25, -0.2) is 28.2 Å². The van der Waals surface area contributed by atoms with Crippen LogP contribution in [0.25, 0.3) is 0 Å². The molecule has 0 bridgehead atoms. The number of pyridine rings is 2. The van der Waals surface area contributed by atoms with Crippen LogP contribution >= 0.6 is 0 Å². The van der Waals surface area contributed by atoms with Gasteiger partial charge in [0.2, 0.25) is 11.8 Å². The van der Waals surface area contributed by atoms with Crippen molar-refractivity contribution < 1.29 is 22.7 Å². The summed E-state index contributed by atoms with van der Waals surface area (Å²) in [5.74, 6) is 0.812. The maximum atomic E-state index is 13.0. The average molecular weight is 594 g/mol. The van der Waals surface area contributed by atoms with E-state index in [4.69, 9.17) is 14.5 Å². The summed E-state index contributed by atoms with van der Waals surface area (Å²) in [5, 5.41) is 2.97. The Hall–Kier alpha value is -4.00. The third-order valence-electron chi connectivity index (χ3n) is 7.43. The van der Waals surface area contributed by atoms with Crippen molar-refractivity contribution in [2.24, 2.45) is 0 Å². The van der Waals surface area contributed by atoms with Crippen molar-refractivity contribution in [2.45, 2.75) is 70.1 Å². The standard InChI is InChI=1S/C29H35N7O5S/c1-18-24(15-31-26-25(18)36(11-12-40-26)28(37)41-29(2,3)4)35-10-9-19-13-32-27(34-23(19)16-35)33-20-5-6-21(30-14-20)17-42(38,39)22-7-8-22/h5-6,13-15,22H,7-12,16-17H2,1-4H3,(H,32,33,34). The van der Waals surface area contributed by atoms with E-state index in [1.165, 1.54) is 0 Å². The third-order valence-corrected chi connectivity index (χ3v) is 9.62. The molecule has 5 heterocycles. The monoisotopic (exact) mass is 593 g/mol. The Morgan fingerprint density at radius 1 is 1.12 bits per heavy atom. The molecule has 42 heavy (non-hydrogen) atoms. The van der Waals surface area contributed by atoms with Crippen LogP contribution in [-0.2, 0) is 33.3 Å². The Kier molecular flexibility index (Phi) is 7.16. The molecular formula is C29H35N7O5S. The highest BCUT2D eigenvalue weighted by Gasteiger charge is 2.36. The summed E-state index contributed by atoms with van der Waals surface area (Å²) < 4.78 is 36.0. The van der Waals surface area contributed by atoms with Crippen molar-refractivity contribution in [3.05, 3.63) is 53.2 Å². The summed E-state index contributed by atoms with van der Waals surface area (Å²) >= 11 is 0. The van der Waals surface area contributed by atoms with Crippen LogP contribution in [0, 0.1) is 6.92 Å². The zero-order valence-electron chi connectivity index (χ0n) is 24.3. The number of nitrogens with zero attached hydrogens (tertiary/aromatic N) is 6. The lowest BCUT2D eigenvalue weighted by atomic mass is 10.0. The Bertz CT molecular complexity index is 1620. The fourth-order valence-electron chi connectivity index (χ4n) is 5.18. The minimum Gasteiger partial charge on any atom is -0.474 e. The van der Waals surface area contributed by atoms with Crippen molar-refractivity contribution in [2.75, 3.05) is 34.8 Å². The van der Waals surface area contributed by atoms with E-state index in [-0.39, 0.29) is 11.0 Å². The lowest BCUT2D eigenvalue weighted by Crippen LogP contribution is -2.42. The summed E-state index contributed by atoms with van der Waals surface area (Å²) in [6, 6.07) is 3.51. The molecule has 1 amide bonds. The van der Waals surface area contributed by atoms with Gasteiger partial charge in [-0.3, -0.25) is 9.88 Å². The first-order valence-electron chi connectivity index (χ1n) is 14.1. The van der Waals surface area contributed by atoms with Crippen LogP contribution in [0.4, 0.5) is 27.8 Å². The normalized spacial score (nSPS) is 16.8. The Labute approximate surface area is 245 Å². The summed E-state index contributed by atoms with van der Waals surface area (Å²) in [6.45, 7) is 9.51. The van der Waals surface area contributed by atoms with Gasteiger partial charge in [-0.1, -0.05) is 0 Å². The van der Waals surface area contributed by atoms with Crippen LogP contribution in [0.1, 0.15) is 56.1 Å². The van der Waals surface area contributed by atoms with Crippen molar-refractivity contribution >= 4 is 38.9 Å². The highest BCUT2D eigenvalue weighted by Crippen LogP contribution is 2.40. The van der Waals surface area contributed by atoms with Gasteiger partial charge >= 0.3 is 6.09 Å². The number of hydrogen-bond donors (Lipinski definition) is 1. The minimum atomic E-state index is -3.12. The van der Waals surface area contributed by atoms with E-state index in [1.54, 1.807) is 29.4 Å². The van der Waals surface area contributed by atoms with Crippen LogP contribution < -0.4 is 19.9 Å². The van der Waals surface area contributed by atoms with Crippen molar-refractivity contribution in [1.82, 2.24) is 19.9 Å². The predicted molar refractivity (Wildman–Crippen MR) is 158 cm³/mol. The van der Waals surface area contributed by atoms with Crippen LogP contribution in [0.15, 0.2) is 30.7 Å². The Morgan fingerprint density at radius 2 is 1.93 bits per heavy atom. The summed E-state index contributed by atoms with van der Waals surface area (Å²) in [7, 11) is -3.12. The van der Waals surface area contributed by atoms with Crippen LogP contribution in [-0.4, -0.2) is 65.0 Å². The molecule has 6 rings (SSSR count). The highest BCUT2D eigenvalue weighted by atomic mass is 32.2. The molecule has 2 aliphatic heterocycles. The number of rotatable bonds is 6. The first-order chi connectivity index (χ1) is 20.0. The SMILES string of the molecule is Cc1c(N2CCc3cnc(Nc4ccc(CS(=O)(=O)C5CC5)nc4)nc3C2)cnc2c1N(C(=O)OC(C)(C)C)CCO2. The van der Waals surface area contributed by atoms with Crippen molar-refractivity contribution in [1.29, 1.82) is 0 Å². The third kappa shape index (κ3) is 5.96. The molecule has 0 radical (unpaired) electrons. The number of amides is 1. The van der Waals surface area contributed by atoms with Gasteiger partial charge in [-0.05, 0) is 64.7 Å². The van der Waals surface area contributed by atoms with Gasteiger partial charge in [0.05, 0.1) is 59.2 Å². The Morgan fingerprint density at radius 3 is 2.64 bits per heavy atom. The van der Waals surface area contributed by atoms with Gasteiger partial charge in [0.15, 0.2) is 9.84 Å². The maximum Gasteiger partial charge on any atom is 0.415 e. The van der Waals surface area contributed by atoms with Crippen LogP contribution in [0.5, 0.6) is 5.88 Å². The van der Waals surface area contributed by atoms with Crippen LogP contribution in [0.2, 0.25) is 0 Å². The molecule has 1 N–H and O–H groups in total. The highest BCUT2D eigenvalue weighted by molar-refractivity contribution is 7.91. The molecule has 12 nitrogen and oxygen atoms in total. The van der Waals surface area contributed by atoms with E-state index < -0.39 is 21.5 Å². The van der Waals surface area contributed by atoms with Gasteiger partial charge < -0.3 is 19.7 Å². The lowest BCUT2D eigenvalue weighted by Gasteiger charge is -2.35. The quantitative estimate of drug-likeness (QED) is 0.442. The predicted octanol–water partition coefficient (Wildman–Crippen LogP) is 4.09. The topological polar surface area (TPSA) is 140 Å². The maximum absolute atomic E-state index is 13.0. The largest absolute Gasteiger partial charge is 0.474 e. The number of sulfone groups is 1. The van der Waals surface area contributed by atoms with E-state index in [0.717, 1.165) is 48.3 Å². The number of carbonyl (C=O) groups is 1. The fraction of sp³-hybridized carbons (Fsp3) is 0.483.